The number of carbonyl (C=O) groups excluding carboxylic acids is 1. The molecule has 1 aliphatic rings. The summed E-state index contributed by atoms with van der Waals surface area (Å²) >= 11 is 0. The molecular weight excluding hydrogens is 266 g/mol. The van der Waals surface area contributed by atoms with Crippen molar-refractivity contribution >= 4 is 11.6 Å². The van der Waals surface area contributed by atoms with Crippen molar-refractivity contribution in [2.24, 2.45) is 0 Å². The molecule has 1 aliphatic carbocycles. The lowest BCUT2D eigenvalue weighted by Gasteiger charge is -2.12. The maximum Gasteiger partial charge on any atom is 0.253 e. The highest BCUT2D eigenvalue weighted by Gasteiger charge is 2.18. The summed E-state index contributed by atoms with van der Waals surface area (Å²) in [5, 5.41) is 6.27. The van der Waals surface area contributed by atoms with Crippen molar-refractivity contribution in [1.29, 1.82) is 0 Å². The van der Waals surface area contributed by atoms with Crippen LogP contribution in [-0.4, -0.2) is 16.9 Å². The van der Waals surface area contributed by atoms with E-state index in [1.165, 1.54) is 12.8 Å². The summed E-state index contributed by atoms with van der Waals surface area (Å²) in [6.45, 7) is 0.572. The molecule has 5 heteroatoms. The number of amides is 1. The van der Waals surface area contributed by atoms with E-state index >= 15 is 0 Å². The van der Waals surface area contributed by atoms with Gasteiger partial charge < -0.3 is 15.1 Å². The number of nitrogens with one attached hydrogen (secondary N) is 2. The van der Waals surface area contributed by atoms with E-state index in [1.54, 1.807) is 18.7 Å². The van der Waals surface area contributed by atoms with E-state index in [0.717, 1.165) is 24.3 Å². The van der Waals surface area contributed by atoms with Crippen LogP contribution in [0, 0.1) is 0 Å². The minimum atomic E-state index is -0.0453. The zero-order valence-electron chi connectivity index (χ0n) is 11.8. The molecule has 3 rings (SSSR count). The van der Waals surface area contributed by atoms with Crippen LogP contribution in [0.5, 0.6) is 0 Å². The van der Waals surface area contributed by atoms with Crippen LogP contribution in [0.1, 0.15) is 41.8 Å². The zero-order chi connectivity index (χ0) is 14.5. The molecule has 0 spiro atoms. The topological polar surface area (TPSA) is 67.2 Å². The van der Waals surface area contributed by atoms with Crippen LogP contribution in [0.15, 0.2) is 41.3 Å². The maximum absolute atomic E-state index is 12.2. The molecule has 110 valence electrons. The first-order chi connectivity index (χ1) is 10.3. The summed E-state index contributed by atoms with van der Waals surface area (Å²) in [4.78, 5) is 16.3. The molecule has 2 heterocycles. The lowest BCUT2D eigenvalue weighted by molar-refractivity contribution is 0.0937. The summed E-state index contributed by atoms with van der Waals surface area (Å²) in [6, 6.07) is 5.88. The van der Waals surface area contributed by atoms with E-state index in [4.69, 9.17) is 4.42 Å². The highest BCUT2D eigenvalue weighted by atomic mass is 16.3. The largest absolute Gasteiger partial charge is 0.467 e. The summed E-state index contributed by atoms with van der Waals surface area (Å²) in [5.74, 6) is 0.798. The third kappa shape index (κ3) is 3.62. The molecule has 5 nitrogen and oxygen atoms in total. The van der Waals surface area contributed by atoms with Gasteiger partial charge in [0.15, 0.2) is 0 Å². The molecule has 0 bridgehead atoms. The summed E-state index contributed by atoms with van der Waals surface area (Å²) in [6.07, 6.45) is 9.51. The monoisotopic (exact) mass is 285 g/mol. The van der Waals surface area contributed by atoms with Crippen molar-refractivity contribution in [2.45, 2.75) is 38.3 Å². The lowest BCUT2D eigenvalue weighted by Crippen LogP contribution is -2.32. The quantitative estimate of drug-likeness (QED) is 0.886. The molecule has 0 radical (unpaired) electrons. The van der Waals surface area contributed by atoms with Crippen molar-refractivity contribution in [1.82, 2.24) is 10.3 Å². The summed E-state index contributed by atoms with van der Waals surface area (Å²) in [7, 11) is 0. The fourth-order valence-electron chi connectivity index (χ4n) is 2.60. The molecular formula is C16H19N3O2. The smallest absolute Gasteiger partial charge is 0.253 e. The van der Waals surface area contributed by atoms with Crippen LogP contribution < -0.4 is 10.6 Å². The number of furan rings is 1. The third-order valence-corrected chi connectivity index (χ3v) is 3.74. The van der Waals surface area contributed by atoms with Gasteiger partial charge in [-0.25, -0.2) is 0 Å². The number of anilines is 1. The first kappa shape index (κ1) is 13.7. The number of carbonyl (C=O) groups is 1. The van der Waals surface area contributed by atoms with Crippen LogP contribution in [0.3, 0.4) is 0 Å². The molecule has 1 fully saturated rings. The van der Waals surface area contributed by atoms with Crippen LogP contribution >= 0.6 is 0 Å². The molecule has 1 saturated carbocycles. The maximum atomic E-state index is 12.2. The zero-order valence-corrected chi connectivity index (χ0v) is 11.8. The minimum Gasteiger partial charge on any atom is -0.467 e. The van der Waals surface area contributed by atoms with Gasteiger partial charge in [0.05, 0.1) is 24.1 Å². The SMILES string of the molecule is O=C(NC1CCCC1)c1cncc(NCc2ccco2)c1. The van der Waals surface area contributed by atoms with E-state index in [1.807, 2.05) is 18.2 Å². The van der Waals surface area contributed by atoms with E-state index in [0.29, 0.717) is 18.2 Å². The second kappa shape index (κ2) is 6.43. The fraction of sp³-hybridized carbons (Fsp3) is 0.375. The summed E-state index contributed by atoms with van der Waals surface area (Å²) in [5.41, 5.74) is 1.40. The molecule has 0 aromatic carbocycles. The Labute approximate surface area is 123 Å². The van der Waals surface area contributed by atoms with Crippen LogP contribution in [0.4, 0.5) is 5.69 Å². The first-order valence-electron chi connectivity index (χ1n) is 7.33. The van der Waals surface area contributed by atoms with Gasteiger partial charge in [0.2, 0.25) is 0 Å². The molecule has 21 heavy (non-hydrogen) atoms. The first-order valence-corrected chi connectivity index (χ1v) is 7.33. The highest BCUT2D eigenvalue weighted by Crippen LogP contribution is 2.18. The van der Waals surface area contributed by atoms with Gasteiger partial charge in [0.25, 0.3) is 5.91 Å². The molecule has 1 amide bonds. The minimum absolute atomic E-state index is 0.0453. The summed E-state index contributed by atoms with van der Waals surface area (Å²) < 4.78 is 5.26. The second-order valence-electron chi connectivity index (χ2n) is 5.35. The predicted molar refractivity (Wildman–Crippen MR) is 80.0 cm³/mol. The molecule has 0 aliphatic heterocycles. The Hall–Kier alpha value is -2.30. The Morgan fingerprint density at radius 2 is 2.19 bits per heavy atom. The number of nitrogens with zero attached hydrogens (tertiary/aromatic N) is 1. The number of aromatic nitrogens is 1. The molecule has 2 aromatic rings. The normalized spacial score (nSPS) is 15.0. The van der Waals surface area contributed by atoms with Crippen molar-refractivity contribution in [3.63, 3.8) is 0 Å². The highest BCUT2D eigenvalue weighted by molar-refractivity contribution is 5.94. The third-order valence-electron chi connectivity index (χ3n) is 3.74. The molecule has 2 aromatic heterocycles. The average molecular weight is 285 g/mol. The number of rotatable bonds is 5. The Morgan fingerprint density at radius 3 is 2.95 bits per heavy atom. The van der Waals surface area contributed by atoms with E-state index in [2.05, 4.69) is 15.6 Å². The van der Waals surface area contributed by atoms with Crippen molar-refractivity contribution in [2.75, 3.05) is 5.32 Å². The molecule has 2 N–H and O–H groups in total. The number of pyridine rings is 1. The second-order valence-corrected chi connectivity index (χ2v) is 5.35. The van der Waals surface area contributed by atoms with Crippen LogP contribution in [-0.2, 0) is 6.54 Å². The van der Waals surface area contributed by atoms with E-state index in [-0.39, 0.29) is 5.91 Å². The van der Waals surface area contributed by atoms with E-state index < -0.39 is 0 Å². The molecule has 0 unspecified atom stereocenters. The number of hydrogen-bond donors (Lipinski definition) is 2. The Morgan fingerprint density at radius 1 is 1.33 bits per heavy atom. The fourth-order valence-corrected chi connectivity index (χ4v) is 2.60. The van der Waals surface area contributed by atoms with Gasteiger partial charge in [-0.2, -0.15) is 0 Å². The van der Waals surface area contributed by atoms with Gasteiger partial charge in [-0.1, -0.05) is 12.8 Å². The average Bonchev–Trinajstić information content (AvgIpc) is 3.19. The van der Waals surface area contributed by atoms with Crippen LogP contribution in [0.25, 0.3) is 0 Å². The van der Waals surface area contributed by atoms with Gasteiger partial charge in [0.1, 0.15) is 5.76 Å². The van der Waals surface area contributed by atoms with Crippen molar-refractivity contribution in [3.8, 4) is 0 Å². The van der Waals surface area contributed by atoms with Crippen LogP contribution in [0.2, 0.25) is 0 Å². The van der Waals surface area contributed by atoms with Crippen molar-refractivity contribution in [3.05, 3.63) is 48.2 Å². The Balaban J connectivity index is 1.60. The van der Waals surface area contributed by atoms with Gasteiger partial charge in [0, 0.05) is 18.4 Å². The lowest BCUT2D eigenvalue weighted by atomic mass is 10.2. The number of hydrogen-bond acceptors (Lipinski definition) is 4. The van der Waals surface area contributed by atoms with E-state index in [9.17, 15) is 4.79 Å². The van der Waals surface area contributed by atoms with Gasteiger partial charge >= 0.3 is 0 Å². The molecule has 0 saturated heterocycles. The molecule has 0 atom stereocenters. The predicted octanol–water partition coefficient (Wildman–Crippen LogP) is 2.96. The van der Waals surface area contributed by atoms with Crippen molar-refractivity contribution < 1.29 is 9.21 Å². The Bertz CT molecular complexity index is 589. The van der Waals surface area contributed by atoms with Gasteiger partial charge in [-0.15, -0.1) is 0 Å². The van der Waals surface area contributed by atoms with Gasteiger partial charge in [-0.3, -0.25) is 9.78 Å². The van der Waals surface area contributed by atoms with Gasteiger partial charge in [-0.05, 0) is 31.0 Å². The Kier molecular flexibility index (Phi) is 4.19. The standard InChI is InChI=1S/C16H19N3O2/c20-16(19-13-4-1-2-5-13)12-8-14(10-17-9-12)18-11-15-6-3-7-21-15/h3,6-10,13,18H,1-2,4-5,11H2,(H,19,20).